The Kier molecular flexibility index (Phi) is 6.39. The second-order valence-corrected chi connectivity index (χ2v) is 9.90. The Morgan fingerprint density at radius 1 is 1.10 bits per heavy atom. The molecule has 1 saturated heterocycles. The number of hydrogen-bond donors (Lipinski definition) is 1. The van der Waals surface area contributed by atoms with Gasteiger partial charge in [0, 0.05) is 18.8 Å². The number of carbonyl (C=O) groups excluding carboxylic acids is 1. The maximum absolute atomic E-state index is 14.3. The first kappa shape index (κ1) is 21.5. The van der Waals surface area contributed by atoms with Crippen LogP contribution in [0.25, 0.3) is 0 Å². The van der Waals surface area contributed by atoms with Crippen molar-refractivity contribution in [2.45, 2.75) is 44.4 Å². The van der Waals surface area contributed by atoms with Gasteiger partial charge in [0.25, 0.3) is 5.91 Å². The van der Waals surface area contributed by atoms with E-state index in [0.717, 1.165) is 30.5 Å². The predicted molar refractivity (Wildman–Crippen MR) is 112 cm³/mol. The third-order valence-corrected chi connectivity index (χ3v) is 7.29. The quantitative estimate of drug-likeness (QED) is 0.770. The van der Waals surface area contributed by atoms with Gasteiger partial charge in [-0.25, -0.2) is 12.8 Å². The highest BCUT2D eigenvalue weighted by atomic mass is 32.2. The van der Waals surface area contributed by atoms with Crippen molar-refractivity contribution in [2.24, 2.45) is 5.92 Å². The molecule has 0 atom stereocenters. The summed E-state index contributed by atoms with van der Waals surface area (Å²) in [4.78, 5) is 12.5. The summed E-state index contributed by atoms with van der Waals surface area (Å²) in [5, 5.41) is 2.64. The van der Waals surface area contributed by atoms with Gasteiger partial charge in [-0.1, -0.05) is 32.9 Å². The van der Waals surface area contributed by atoms with E-state index in [1.54, 1.807) is 12.1 Å². The average Bonchev–Trinajstić information content (AvgIpc) is 2.68. The van der Waals surface area contributed by atoms with Crippen molar-refractivity contribution in [3.8, 4) is 0 Å². The number of nitrogens with zero attached hydrogens (tertiary/aromatic N) is 1. The van der Waals surface area contributed by atoms with Gasteiger partial charge in [0.15, 0.2) is 0 Å². The number of amides is 1. The lowest BCUT2D eigenvalue weighted by Gasteiger charge is -2.29. The van der Waals surface area contributed by atoms with Crippen LogP contribution in [0, 0.1) is 11.7 Å². The Hall–Kier alpha value is -2.25. The van der Waals surface area contributed by atoms with Crippen molar-refractivity contribution in [3.63, 3.8) is 0 Å². The molecule has 0 saturated carbocycles. The van der Waals surface area contributed by atoms with E-state index in [2.05, 4.69) is 26.1 Å². The van der Waals surface area contributed by atoms with Crippen LogP contribution in [-0.2, 0) is 10.0 Å². The minimum atomic E-state index is -3.76. The van der Waals surface area contributed by atoms with Crippen LogP contribution in [0.2, 0.25) is 0 Å². The number of rotatable bonds is 5. The average molecular weight is 419 g/mol. The van der Waals surface area contributed by atoms with E-state index < -0.39 is 21.7 Å². The smallest absolute Gasteiger partial charge is 0.258 e. The fraction of sp³-hybridized carbons (Fsp3) is 0.409. The van der Waals surface area contributed by atoms with Crippen molar-refractivity contribution < 1.29 is 17.6 Å². The predicted octanol–water partition coefficient (Wildman–Crippen LogP) is 4.62. The fourth-order valence-electron chi connectivity index (χ4n) is 3.36. The Bertz CT molecular complexity index is 980. The number of sulfonamides is 1. The van der Waals surface area contributed by atoms with Crippen LogP contribution in [0.5, 0.6) is 0 Å². The zero-order valence-electron chi connectivity index (χ0n) is 17.0. The number of halogens is 1. The second kappa shape index (κ2) is 8.63. The van der Waals surface area contributed by atoms with Crippen LogP contribution >= 0.6 is 0 Å². The number of hydrogen-bond acceptors (Lipinski definition) is 3. The van der Waals surface area contributed by atoms with Gasteiger partial charge in [0.05, 0.1) is 10.5 Å². The summed E-state index contributed by atoms with van der Waals surface area (Å²) in [5.74, 6) is -0.591. The van der Waals surface area contributed by atoms with Crippen molar-refractivity contribution in [2.75, 3.05) is 18.4 Å². The summed E-state index contributed by atoms with van der Waals surface area (Å²) >= 11 is 0. The van der Waals surface area contributed by atoms with E-state index in [1.807, 2.05) is 12.1 Å². The molecule has 0 unspecified atom stereocenters. The highest BCUT2D eigenvalue weighted by Gasteiger charge is 2.29. The van der Waals surface area contributed by atoms with Crippen molar-refractivity contribution >= 4 is 21.6 Å². The summed E-state index contributed by atoms with van der Waals surface area (Å²) in [6.45, 7) is 7.10. The van der Waals surface area contributed by atoms with Gasteiger partial charge in [-0.05, 0) is 60.6 Å². The Morgan fingerprint density at radius 2 is 1.72 bits per heavy atom. The summed E-state index contributed by atoms with van der Waals surface area (Å²) in [7, 11) is -3.76. The Labute approximate surface area is 172 Å². The molecule has 1 fully saturated rings. The molecule has 1 heterocycles. The lowest BCUT2D eigenvalue weighted by atomic mass is 10.0. The van der Waals surface area contributed by atoms with E-state index in [0.29, 0.717) is 30.6 Å². The molecule has 2 aromatic carbocycles. The third kappa shape index (κ3) is 4.85. The van der Waals surface area contributed by atoms with E-state index in [4.69, 9.17) is 0 Å². The number of nitrogens with one attached hydrogen (secondary N) is 1. The topological polar surface area (TPSA) is 66.5 Å². The molecular formula is C22H27FN2O3S. The maximum atomic E-state index is 14.3. The highest BCUT2D eigenvalue weighted by molar-refractivity contribution is 7.89. The molecule has 3 rings (SSSR count). The monoisotopic (exact) mass is 418 g/mol. The molecule has 2 aromatic rings. The molecule has 1 aliphatic heterocycles. The molecule has 1 amide bonds. The highest BCUT2D eigenvalue weighted by Crippen LogP contribution is 2.25. The van der Waals surface area contributed by atoms with E-state index in [1.165, 1.54) is 10.4 Å². The van der Waals surface area contributed by atoms with Gasteiger partial charge < -0.3 is 5.32 Å². The zero-order valence-corrected chi connectivity index (χ0v) is 17.8. The summed E-state index contributed by atoms with van der Waals surface area (Å²) in [6.07, 6.45) is 1.58. The first-order chi connectivity index (χ1) is 13.7. The standard InChI is InChI=1S/C22H27FN2O3S/c1-15(2)17-4-6-18(7-5-17)24-22(26)20-14-19(8-9-21(20)23)29(27,28)25-12-10-16(3)11-13-25/h4-9,14-16H,10-13H2,1-3H3,(H,24,26). The molecule has 0 aliphatic carbocycles. The van der Waals surface area contributed by atoms with Crippen molar-refractivity contribution in [1.29, 1.82) is 0 Å². The lowest BCUT2D eigenvalue weighted by Crippen LogP contribution is -2.38. The third-order valence-electron chi connectivity index (χ3n) is 5.40. The minimum Gasteiger partial charge on any atom is -0.322 e. The minimum absolute atomic E-state index is 0.0613. The maximum Gasteiger partial charge on any atom is 0.258 e. The van der Waals surface area contributed by atoms with Crippen LogP contribution in [0.1, 0.15) is 55.5 Å². The summed E-state index contributed by atoms with van der Waals surface area (Å²) < 4.78 is 41.5. The molecule has 5 nitrogen and oxygen atoms in total. The van der Waals surface area contributed by atoms with Gasteiger partial charge in [-0.15, -0.1) is 0 Å². The van der Waals surface area contributed by atoms with Gasteiger partial charge in [-0.2, -0.15) is 4.31 Å². The molecule has 0 aromatic heterocycles. The Morgan fingerprint density at radius 3 is 2.31 bits per heavy atom. The summed E-state index contributed by atoms with van der Waals surface area (Å²) in [6, 6.07) is 10.7. The normalized spacial score (nSPS) is 16.2. The molecule has 1 N–H and O–H groups in total. The summed E-state index contributed by atoms with van der Waals surface area (Å²) in [5.41, 5.74) is 1.36. The first-order valence-electron chi connectivity index (χ1n) is 9.89. The van der Waals surface area contributed by atoms with Crippen LogP contribution in [0.15, 0.2) is 47.4 Å². The molecule has 29 heavy (non-hydrogen) atoms. The van der Waals surface area contributed by atoms with Gasteiger partial charge in [-0.3, -0.25) is 4.79 Å². The van der Waals surface area contributed by atoms with Crippen LogP contribution in [0.3, 0.4) is 0 Å². The number of carbonyl (C=O) groups is 1. The van der Waals surface area contributed by atoms with Crippen molar-refractivity contribution in [1.82, 2.24) is 4.31 Å². The molecular weight excluding hydrogens is 391 g/mol. The SMILES string of the molecule is CC1CCN(S(=O)(=O)c2ccc(F)c(C(=O)Nc3ccc(C(C)C)cc3)c2)CC1. The lowest BCUT2D eigenvalue weighted by molar-refractivity contribution is 0.102. The zero-order chi connectivity index (χ0) is 21.2. The molecule has 0 bridgehead atoms. The van der Waals surface area contributed by atoms with E-state index >= 15 is 0 Å². The van der Waals surface area contributed by atoms with Gasteiger partial charge >= 0.3 is 0 Å². The van der Waals surface area contributed by atoms with Crippen LogP contribution in [0.4, 0.5) is 10.1 Å². The fourth-order valence-corrected chi connectivity index (χ4v) is 4.86. The number of benzene rings is 2. The largest absolute Gasteiger partial charge is 0.322 e. The molecule has 156 valence electrons. The molecule has 1 aliphatic rings. The molecule has 7 heteroatoms. The molecule has 0 radical (unpaired) electrons. The van der Waals surface area contributed by atoms with E-state index in [9.17, 15) is 17.6 Å². The Balaban J connectivity index is 1.82. The number of anilines is 1. The number of piperidine rings is 1. The van der Waals surface area contributed by atoms with Gasteiger partial charge in [0.1, 0.15) is 5.82 Å². The second-order valence-electron chi connectivity index (χ2n) is 7.96. The van der Waals surface area contributed by atoms with Crippen LogP contribution in [-0.4, -0.2) is 31.7 Å². The van der Waals surface area contributed by atoms with E-state index in [-0.39, 0.29) is 10.5 Å². The van der Waals surface area contributed by atoms with Gasteiger partial charge in [0.2, 0.25) is 10.0 Å². The van der Waals surface area contributed by atoms with Crippen molar-refractivity contribution in [3.05, 3.63) is 59.4 Å². The first-order valence-corrected chi connectivity index (χ1v) is 11.3. The van der Waals surface area contributed by atoms with Crippen LogP contribution < -0.4 is 5.32 Å². The molecule has 0 spiro atoms.